The summed E-state index contributed by atoms with van der Waals surface area (Å²) in [4.78, 5) is 16.6. The van der Waals surface area contributed by atoms with Gasteiger partial charge in [0.15, 0.2) is 0 Å². The van der Waals surface area contributed by atoms with Gasteiger partial charge in [0.25, 0.3) is 0 Å². The van der Waals surface area contributed by atoms with Crippen LogP contribution in [-0.2, 0) is 11.2 Å². The number of anilines is 1. The standard InChI is InChI=1S/C22H25FN4O/c1-24-13-20-21(5-7-26-22(20)28)27-18-4-6-25-19(12-18)10-14-8-16(15-2-3-15)11-17(23)9-14/h4,6,8-9,11-12,15,24H,2-3,5,7,10,13H2,1H3,(H,25,27)(H,26,28). The molecule has 0 unspecified atom stereocenters. The maximum atomic E-state index is 14.0. The molecule has 1 saturated carbocycles. The molecular formula is C22H25FN4O. The highest BCUT2D eigenvalue weighted by atomic mass is 19.1. The van der Waals surface area contributed by atoms with E-state index in [1.165, 1.54) is 0 Å². The van der Waals surface area contributed by atoms with Crippen LogP contribution in [0.5, 0.6) is 0 Å². The van der Waals surface area contributed by atoms with Crippen LogP contribution in [0, 0.1) is 5.82 Å². The first-order valence-corrected chi connectivity index (χ1v) is 9.78. The number of nitrogens with zero attached hydrogens (tertiary/aromatic N) is 1. The van der Waals surface area contributed by atoms with Crippen LogP contribution in [0.2, 0.25) is 0 Å². The Labute approximate surface area is 164 Å². The lowest BCUT2D eigenvalue weighted by Gasteiger charge is -2.22. The largest absolute Gasteiger partial charge is 0.358 e. The monoisotopic (exact) mass is 380 g/mol. The van der Waals surface area contributed by atoms with Crippen molar-refractivity contribution in [1.29, 1.82) is 0 Å². The van der Waals surface area contributed by atoms with Gasteiger partial charge >= 0.3 is 0 Å². The van der Waals surface area contributed by atoms with Crippen LogP contribution < -0.4 is 16.0 Å². The predicted octanol–water partition coefficient (Wildman–Crippen LogP) is 3.09. The highest BCUT2D eigenvalue weighted by Gasteiger charge is 2.24. The van der Waals surface area contributed by atoms with E-state index in [0.29, 0.717) is 25.4 Å². The number of pyridine rings is 1. The fraction of sp³-hybridized carbons (Fsp3) is 0.364. The van der Waals surface area contributed by atoms with Crippen LogP contribution in [0.15, 0.2) is 47.8 Å². The van der Waals surface area contributed by atoms with Crippen molar-refractivity contribution in [1.82, 2.24) is 15.6 Å². The normalized spacial score (nSPS) is 16.9. The maximum absolute atomic E-state index is 14.0. The Balaban J connectivity index is 1.53. The zero-order valence-corrected chi connectivity index (χ0v) is 16.0. The summed E-state index contributed by atoms with van der Waals surface area (Å²) >= 11 is 0. The summed E-state index contributed by atoms with van der Waals surface area (Å²) in [5.74, 6) is 0.305. The lowest BCUT2D eigenvalue weighted by atomic mass is 10.0. The number of amides is 1. The lowest BCUT2D eigenvalue weighted by Crippen LogP contribution is -2.36. The molecule has 0 bridgehead atoms. The summed E-state index contributed by atoms with van der Waals surface area (Å²) in [6.45, 7) is 1.14. The molecule has 3 N–H and O–H groups in total. The van der Waals surface area contributed by atoms with E-state index in [0.717, 1.165) is 53.0 Å². The first-order chi connectivity index (χ1) is 13.6. The first kappa shape index (κ1) is 18.6. The number of carbonyl (C=O) groups excluding carboxylic acids is 1. The fourth-order valence-corrected chi connectivity index (χ4v) is 3.66. The molecule has 1 aliphatic heterocycles. The Hall–Kier alpha value is -2.73. The molecule has 0 spiro atoms. The second-order valence-corrected chi connectivity index (χ2v) is 7.50. The van der Waals surface area contributed by atoms with Crippen molar-refractivity contribution in [3.05, 3.63) is 70.4 Å². The highest BCUT2D eigenvalue weighted by molar-refractivity contribution is 5.96. The summed E-state index contributed by atoms with van der Waals surface area (Å²) < 4.78 is 14.0. The van der Waals surface area contributed by atoms with E-state index in [1.54, 1.807) is 18.3 Å². The molecule has 0 saturated heterocycles. The van der Waals surface area contributed by atoms with Crippen LogP contribution in [0.1, 0.15) is 42.0 Å². The Bertz CT molecular complexity index is 921. The van der Waals surface area contributed by atoms with Crippen LogP contribution in [-0.4, -0.2) is 31.0 Å². The van der Waals surface area contributed by atoms with Crippen molar-refractivity contribution in [3.63, 3.8) is 0 Å². The van der Waals surface area contributed by atoms with Crippen molar-refractivity contribution in [2.45, 2.75) is 31.6 Å². The summed E-state index contributed by atoms with van der Waals surface area (Å²) in [5.41, 5.74) is 5.46. The van der Waals surface area contributed by atoms with Gasteiger partial charge in [0, 0.05) is 54.8 Å². The molecule has 5 nitrogen and oxygen atoms in total. The second kappa shape index (κ2) is 8.10. The molecule has 1 aromatic heterocycles. The molecule has 1 fully saturated rings. The topological polar surface area (TPSA) is 66.1 Å². The number of halogens is 1. The van der Waals surface area contributed by atoms with E-state index >= 15 is 0 Å². The molecule has 4 rings (SSSR count). The van der Waals surface area contributed by atoms with Gasteiger partial charge in [0.1, 0.15) is 5.82 Å². The number of carbonyl (C=O) groups is 1. The lowest BCUT2D eigenvalue weighted by molar-refractivity contribution is -0.117. The van der Waals surface area contributed by atoms with E-state index in [1.807, 2.05) is 19.2 Å². The molecule has 6 heteroatoms. The quantitative estimate of drug-likeness (QED) is 0.691. The SMILES string of the molecule is CNCC1=C(Nc2ccnc(Cc3cc(F)cc(C4CC4)c3)c2)CCNC1=O. The van der Waals surface area contributed by atoms with E-state index < -0.39 is 0 Å². The average Bonchev–Trinajstić information content (AvgIpc) is 3.50. The van der Waals surface area contributed by atoms with Gasteiger partial charge in [0.2, 0.25) is 5.91 Å². The zero-order chi connectivity index (χ0) is 19.5. The molecule has 28 heavy (non-hydrogen) atoms. The summed E-state index contributed by atoms with van der Waals surface area (Å²) in [5, 5.41) is 9.31. The smallest absolute Gasteiger partial charge is 0.250 e. The third kappa shape index (κ3) is 4.39. The van der Waals surface area contributed by atoms with E-state index in [4.69, 9.17) is 0 Å². The molecule has 2 aromatic rings. The summed E-state index contributed by atoms with van der Waals surface area (Å²) in [7, 11) is 1.83. The van der Waals surface area contributed by atoms with Gasteiger partial charge in [-0.15, -0.1) is 0 Å². The van der Waals surface area contributed by atoms with Crippen molar-refractivity contribution >= 4 is 11.6 Å². The second-order valence-electron chi connectivity index (χ2n) is 7.50. The molecule has 1 amide bonds. The molecule has 0 atom stereocenters. The number of hydrogen-bond acceptors (Lipinski definition) is 4. The van der Waals surface area contributed by atoms with E-state index in [-0.39, 0.29) is 11.7 Å². The van der Waals surface area contributed by atoms with Gasteiger partial charge < -0.3 is 16.0 Å². The minimum absolute atomic E-state index is 0.0373. The molecule has 1 aromatic carbocycles. The number of nitrogens with one attached hydrogen (secondary N) is 3. The fourth-order valence-electron chi connectivity index (χ4n) is 3.66. The minimum atomic E-state index is -0.177. The van der Waals surface area contributed by atoms with Crippen molar-refractivity contribution in [2.75, 3.05) is 25.5 Å². The molecule has 2 aliphatic rings. The number of benzene rings is 1. The Morgan fingerprint density at radius 3 is 2.89 bits per heavy atom. The molecule has 146 valence electrons. The van der Waals surface area contributed by atoms with Crippen LogP contribution in [0.25, 0.3) is 0 Å². The molecular weight excluding hydrogens is 355 g/mol. The van der Waals surface area contributed by atoms with Gasteiger partial charge in [-0.2, -0.15) is 0 Å². The van der Waals surface area contributed by atoms with Gasteiger partial charge in [-0.3, -0.25) is 9.78 Å². The summed E-state index contributed by atoms with van der Waals surface area (Å²) in [6.07, 6.45) is 5.39. The average molecular weight is 380 g/mol. The number of aromatic nitrogens is 1. The number of likely N-dealkylation sites (N-methyl/N-ethyl adjacent to an activating group) is 1. The van der Waals surface area contributed by atoms with Gasteiger partial charge in [-0.25, -0.2) is 4.39 Å². The minimum Gasteiger partial charge on any atom is -0.358 e. The maximum Gasteiger partial charge on any atom is 0.250 e. The third-order valence-corrected chi connectivity index (χ3v) is 5.18. The molecule has 0 radical (unpaired) electrons. The Kier molecular flexibility index (Phi) is 5.39. The van der Waals surface area contributed by atoms with Gasteiger partial charge in [-0.1, -0.05) is 6.07 Å². The molecule has 1 aliphatic carbocycles. The third-order valence-electron chi connectivity index (χ3n) is 5.18. The Morgan fingerprint density at radius 2 is 2.11 bits per heavy atom. The number of rotatable bonds is 7. The van der Waals surface area contributed by atoms with Gasteiger partial charge in [-0.05, 0) is 61.2 Å². The van der Waals surface area contributed by atoms with Crippen LogP contribution >= 0.6 is 0 Å². The molecule has 2 heterocycles. The van der Waals surface area contributed by atoms with Crippen LogP contribution in [0.3, 0.4) is 0 Å². The Morgan fingerprint density at radius 1 is 1.25 bits per heavy atom. The first-order valence-electron chi connectivity index (χ1n) is 9.78. The van der Waals surface area contributed by atoms with Crippen LogP contribution in [0.4, 0.5) is 10.1 Å². The van der Waals surface area contributed by atoms with Crippen molar-refractivity contribution in [2.24, 2.45) is 0 Å². The van der Waals surface area contributed by atoms with E-state index in [9.17, 15) is 9.18 Å². The van der Waals surface area contributed by atoms with Gasteiger partial charge in [0.05, 0.1) is 0 Å². The zero-order valence-electron chi connectivity index (χ0n) is 16.0. The van der Waals surface area contributed by atoms with E-state index in [2.05, 4.69) is 27.0 Å². The van der Waals surface area contributed by atoms with Crippen molar-refractivity contribution < 1.29 is 9.18 Å². The summed E-state index contributed by atoms with van der Waals surface area (Å²) in [6, 6.07) is 9.20. The highest BCUT2D eigenvalue weighted by Crippen LogP contribution is 2.40. The van der Waals surface area contributed by atoms with Crippen molar-refractivity contribution in [3.8, 4) is 0 Å². The predicted molar refractivity (Wildman–Crippen MR) is 108 cm³/mol. The number of hydrogen-bond donors (Lipinski definition) is 3.